The lowest BCUT2D eigenvalue weighted by Gasteiger charge is -2.19. The summed E-state index contributed by atoms with van der Waals surface area (Å²) in [5.41, 5.74) is 4.40. The minimum absolute atomic E-state index is 0.254. The maximum atomic E-state index is 12.7. The first-order valence-corrected chi connectivity index (χ1v) is 12.9. The summed E-state index contributed by atoms with van der Waals surface area (Å²) in [5, 5.41) is 8.00. The molecule has 0 atom stereocenters. The van der Waals surface area contributed by atoms with Crippen molar-refractivity contribution in [3.05, 3.63) is 87.8 Å². The molecule has 0 saturated heterocycles. The van der Waals surface area contributed by atoms with E-state index in [0.29, 0.717) is 17.3 Å². The molecule has 1 aliphatic carbocycles. The molecule has 4 rings (SSSR count). The fraction of sp³-hybridized carbons (Fsp3) is 0.333. The fourth-order valence-corrected chi connectivity index (χ4v) is 6.00. The lowest BCUT2D eigenvalue weighted by Crippen LogP contribution is -2.30. The van der Waals surface area contributed by atoms with Gasteiger partial charge in [0.2, 0.25) is 0 Å². The van der Waals surface area contributed by atoms with Crippen LogP contribution in [0.2, 0.25) is 0 Å². The van der Waals surface area contributed by atoms with Gasteiger partial charge >= 0.3 is 5.97 Å². The Balaban J connectivity index is 1.43. The van der Waals surface area contributed by atoms with Crippen LogP contribution in [0.25, 0.3) is 0 Å². The van der Waals surface area contributed by atoms with Crippen LogP contribution in [0.15, 0.2) is 60.7 Å². The van der Waals surface area contributed by atoms with Crippen LogP contribution in [0, 0.1) is 0 Å². The van der Waals surface area contributed by atoms with E-state index in [0.717, 1.165) is 49.2 Å². The molecule has 1 aromatic heterocycles. The molecule has 1 aliphatic rings. The molecule has 0 fully saturated rings. The first-order chi connectivity index (χ1) is 16.2. The molecule has 0 spiro atoms. The van der Waals surface area contributed by atoms with Crippen LogP contribution in [-0.2, 0) is 17.6 Å². The zero-order chi connectivity index (χ0) is 23.0. The van der Waals surface area contributed by atoms with E-state index in [1.807, 2.05) is 19.1 Å². The monoisotopic (exact) mass is 478 g/mol. The van der Waals surface area contributed by atoms with Crippen LogP contribution in [0.1, 0.15) is 64.0 Å². The van der Waals surface area contributed by atoms with Crippen molar-refractivity contribution >= 4 is 39.6 Å². The van der Waals surface area contributed by atoms with Crippen LogP contribution >= 0.6 is 23.6 Å². The number of carbonyl (C=O) groups excluding carboxylic acids is 1. The van der Waals surface area contributed by atoms with Crippen molar-refractivity contribution in [2.24, 2.45) is 0 Å². The summed E-state index contributed by atoms with van der Waals surface area (Å²) in [7, 11) is 0. The van der Waals surface area contributed by atoms with E-state index < -0.39 is 0 Å². The summed E-state index contributed by atoms with van der Waals surface area (Å²) in [6.45, 7) is 2.93. The van der Waals surface area contributed by atoms with Crippen LogP contribution in [0.5, 0.6) is 0 Å². The largest absolute Gasteiger partial charge is 0.462 e. The number of rotatable bonds is 8. The molecule has 1 heterocycles. The van der Waals surface area contributed by atoms with E-state index in [2.05, 4.69) is 59.2 Å². The van der Waals surface area contributed by atoms with Crippen LogP contribution < -0.4 is 10.6 Å². The highest BCUT2D eigenvalue weighted by Gasteiger charge is 2.26. The molecule has 33 heavy (non-hydrogen) atoms. The van der Waals surface area contributed by atoms with Gasteiger partial charge in [-0.15, -0.1) is 11.3 Å². The molecule has 6 heteroatoms. The van der Waals surface area contributed by atoms with E-state index in [4.69, 9.17) is 17.0 Å². The predicted molar refractivity (Wildman–Crippen MR) is 140 cm³/mol. The first kappa shape index (κ1) is 23.5. The quantitative estimate of drug-likeness (QED) is 0.293. The van der Waals surface area contributed by atoms with Crippen LogP contribution in [0.3, 0.4) is 0 Å². The van der Waals surface area contributed by atoms with E-state index >= 15 is 0 Å². The SMILES string of the molecule is CCOC(=O)c1c(NC(=S)NCCC(c2ccccc2)c2ccccc2)sc2c1CCCC2. The number of hydrogen-bond donors (Lipinski definition) is 2. The van der Waals surface area contributed by atoms with Crippen molar-refractivity contribution in [2.45, 2.75) is 44.9 Å². The van der Waals surface area contributed by atoms with E-state index in [9.17, 15) is 4.79 Å². The minimum atomic E-state index is -0.254. The molecule has 2 aromatic carbocycles. The van der Waals surface area contributed by atoms with Crippen molar-refractivity contribution in [1.29, 1.82) is 0 Å². The summed E-state index contributed by atoms with van der Waals surface area (Å²) >= 11 is 7.24. The van der Waals surface area contributed by atoms with Gasteiger partial charge in [-0.05, 0) is 67.9 Å². The second-order valence-corrected chi connectivity index (χ2v) is 9.69. The Morgan fingerprint density at radius 1 is 1.03 bits per heavy atom. The molecule has 0 radical (unpaired) electrons. The zero-order valence-corrected chi connectivity index (χ0v) is 20.6. The first-order valence-electron chi connectivity index (χ1n) is 11.6. The van der Waals surface area contributed by atoms with E-state index in [1.54, 1.807) is 11.3 Å². The third-order valence-electron chi connectivity index (χ3n) is 6.00. The Morgan fingerprint density at radius 3 is 2.30 bits per heavy atom. The Labute approximate surface area is 205 Å². The highest BCUT2D eigenvalue weighted by molar-refractivity contribution is 7.80. The molecule has 0 saturated carbocycles. The molecular formula is C27H30N2O2S2. The molecule has 2 N–H and O–H groups in total. The maximum absolute atomic E-state index is 12.7. The van der Waals surface area contributed by atoms with Gasteiger partial charge in [-0.1, -0.05) is 60.7 Å². The van der Waals surface area contributed by atoms with Crippen molar-refractivity contribution in [3.8, 4) is 0 Å². The summed E-state index contributed by atoms with van der Waals surface area (Å²) in [4.78, 5) is 14.0. The summed E-state index contributed by atoms with van der Waals surface area (Å²) < 4.78 is 5.35. The molecule has 0 aliphatic heterocycles. The number of thiocarbonyl (C=S) groups is 1. The number of anilines is 1. The molecule has 0 unspecified atom stereocenters. The van der Waals surface area contributed by atoms with Crippen molar-refractivity contribution in [1.82, 2.24) is 5.32 Å². The van der Waals surface area contributed by atoms with Gasteiger partial charge in [0.05, 0.1) is 12.2 Å². The van der Waals surface area contributed by atoms with Gasteiger partial charge in [0.15, 0.2) is 5.11 Å². The topological polar surface area (TPSA) is 50.4 Å². The Kier molecular flexibility index (Phi) is 8.13. The number of ether oxygens (including phenoxy) is 1. The maximum Gasteiger partial charge on any atom is 0.341 e. The number of thiophene rings is 1. The van der Waals surface area contributed by atoms with Gasteiger partial charge in [0, 0.05) is 17.3 Å². The third kappa shape index (κ3) is 5.81. The highest BCUT2D eigenvalue weighted by Crippen LogP contribution is 2.38. The number of benzene rings is 2. The van der Waals surface area contributed by atoms with Gasteiger partial charge in [-0.2, -0.15) is 0 Å². The van der Waals surface area contributed by atoms with Crippen molar-refractivity contribution < 1.29 is 9.53 Å². The standard InChI is InChI=1S/C27H30N2O2S2/c1-2-31-26(30)24-22-15-9-10-16-23(22)33-25(24)29-27(32)28-18-17-21(19-11-5-3-6-12-19)20-13-7-4-8-14-20/h3-8,11-14,21H,2,9-10,15-18H2,1H3,(H2,28,29,32). The lowest BCUT2D eigenvalue weighted by molar-refractivity contribution is 0.0526. The van der Waals surface area contributed by atoms with Crippen LogP contribution in [0.4, 0.5) is 5.00 Å². The molecule has 0 amide bonds. The Morgan fingerprint density at radius 2 is 1.67 bits per heavy atom. The number of aryl methyl sites for hydroxylation is 1. The van der Waals surface area contributed by atoms with Gasteiger partial charge in [0.25, 0.3) is 0 Å². The Hall–Kier alpha value is -2.70. The predicted octanol–water partition coefficient (Wildman–Crippen LogP) is 6.31. The van der Waals surface area contributed by atoms with Gasteiger partial charge in [0.1, 0.15) is 5.00 Å². The van der Waals surface area contributed by atoms with E-state index in [1.165, 1.54) is 16.0 Å². The second kappa shape index (κ2) is 11.4. The van der Waals surface area contributed by atoms with Crippen molar-refractivity contribution in [2.75, 3.05) is 18.5 Å². The average Bonchev–Trinajstić information content (AvgIpc) is 3.21. The number of fused-ring (bicyclic) bond motifs is 1. The summed E-state index contributed by atoms with van der Waals surface area (Å²) in [5.74, 6) is 0.0299. The number of carbonyl (C=O) groups is 1. The normalized spacial score (nSPS) is 12.8. The highest BCUT2D eigenvalue weighted by atomic mass is 32.1. The molecule has 0 bridgehead atoms. The average molecular weight is 479 g/mol. The number of esters is 1. The molecule has 4 nitrogen and oxygen atoms in total. The molecule has 172 valence electrons. The Bertz CT molecular complexity index is 1040. The van der Waals surface area contributed by atoms with Gasteiger partial charge < -0.3 is 15.4 Å². The lowest BCUT2D eigenvalue weighted by atomic mass is 9.88. The minimum Gasteiger partial charge on any atom is -0.462 e. The van der Waals surface area contributed by atoms with E-state index in [-0.39, 0.29) is 11.9 Å². The second-order valence-electron chi connectivity index (χ2n) is 8.18. The van der Waals surface area contributed by atoms with Gasteiger partial charge in [-0.25, -0.2) is 4.79 Å². The number of hydrogen-bond acceptors (Lipinski definition) is 4. The summed E-state index contributed by atoms with van der Waals surface area (Å²) in [6.07, 6.45) is 5.13. The smallest absolute Gasteiger partial charge is 0.341 e. The molecular weight excluding hydrogens is 448 g/mol. The summed E-state index contributed by atoms with van der Waals surface area (Å²) in [6, 6.07) is 21.1. The van der Waals surface area contributed by atoms with Crippen molar-refractivity contribution in [3.63, 3.8) is 0 Å². The van der Waals surface area contributed by atoms with Gasteiger partial charge in [-0.3, -0.25) is 0 Å². The molecule has 3 aromatic rings. The van der Waals surface area contributed by atoms with Crippen LogP contribution in [-0.4, -0.2) is 24.2 Å². The fourth-order valence-electron chi connectivity index (χ4n) is 4.45. The third-order valence-corrected chi connectivity index (χ3v) is 7.45. The number of nitrogens with one attached hydrogen (secondary N) is 2. The zero-order valence-electron chi connectivity index (χ0n) is 18.9.